The lowest BCUT2D eigenvalue weighted by Crippen LogP contribution is -2.21. The lowest BCUT2D eigenvalue weighted by molar-refractivity contribution is -0.153. The number of carbonyl (C=O) groups is 2. The zero-order valence-corrected chi connectivity index (χ0v) is 29.0. The van der Waals surface area contributed by atoms with Gasteiger partial charge in [-0.1, -0.05) is 174 Å². The second-order valence-electron chi connectivity index (χ2n) is 13.1. The molecule has 0 aromatic heterocycles. The van der Waals surface area contributed by atoms with E-state index in [0.717, 1.165) is 25.7 Å². The smallest absolute Gasteiger partial charge is 0.307 e. The average Bonchev–Trinajstić information content (AvgIpc) is 2.98. The number of carboxylic acid groups (broad SMARTS) is 1. The molecular weight excluding hydrogens is 532 g/mol. The van der Waals surface area contributed by atoms with Gasteiger partial charge < -0.3 is 9.84 Å². The number of carbonyl (C=O) groups excluding carboxylic acids is 1. The summed E-state index contributed by atoms with van der Waals surface area (Å²) in [5, 5.41) is 9.24. The Morgan fingerprint density at radius 3 is 1.26 bits per heavy atom. The van der Waals surface area contributed by atoms with Crippen molar-refractivity contribution in [2.24, 2.45) is 0 Å². The van der Waals surface area contributed by atoms with Crippen LogP contribution in [0.15, 0.2) is 12.2 Å². The lowest BCUT2D eigenvalue weighted by atomic mass is 10.0. The molecule has 43 heavy (non-hydrogen) atoms. The van der Waals surface area contributed by atoms with E-state index in [0.29, 0.717) is 12.8 Å². The van der Waals surface area contributed by atoms with E-state index in [1.54, 1.807) is 0 Å². The van der Waals surface area contributed by atoms with E-state index in [4.69, 9.17) is 4.74 Å². The van der Waals surface area contributed by atoms with Gasteiger partial charge in [0, 0.05) is 6.42 Å². The first kappa shape index (κ1) is 41.7. The van der Waals surface area contributed by atoms with Gasteiger partial charge in [-0.25, -0.2) is 0 Å². The van der Waals surface area contributed by atoms with E-state index in [1.807, 2.05) is 0 Å². The highest BCUT2D eigenvalue weighted by Gasteiger charge is 2.17. The molecule has 0 aliphatic rings. The summed E-state index contributed by atoms with van der Waals surface area (Å²) in [4.78, 5) is 23.6. The number of ether oxygens (including phenoxy) is 1. The molecule has 1 atom stereocenters. The number of carboxylic acids is 1. The maximum Gasteiger partial charge on any atom is 0.307 e. The molecule has 4 nitrogen and oxygen atoms in total. The summed E-state index contributed by atoms with van der Waals surface area (Å²) in [6, 6.07) is 0. The molecular formula is C39H74O4. The Balaban J connectivity index is 3.60. The molecule has 0 rings (SSSR count). The minimum Gasteiger partial charge on any atom is -0.481 e. The number of rotatable bonds is 35. The summed E-state index contributed by atoms with van der Waals surface area (Å²) >= 11 is 0. The van der Waals surface area contributed by atoms with Crippen LogP contribution < -0.4 is 0 Å². The SMILES string of the molecule is CCCCCCCC/C=C\CCCCCCCCCCCC(=O)OC(CCCCCCCCCCCCCC)CC(=O)O. The van der Waals surface area contributed by atoms with Crippen molar-refractivity contribution in [2.45, 2.75) is 225 Å². The molecule has 1 unspecified atom stereocenters. The van der Waals surface area contributed by atoms with E-state index in [9.17, 15) is 14.7 Å². The molecule has 0 saturated carbocycles. The lowest BCUT2D eigenvalue weighted by Gasteiger charge is -2.16. The first-order valence-electron chi connectivity index (χ1n) is 19.2. The number of allylic oxidation sites excluding steroid dienone is 2. The van der Waals surface area contributed by atoms with Crippen molar-refractivity contribution in [3.63, 3.8) is 0 Å². The van der Waals surface area contributed by atoms with Crippen molar-refractivity contribution >= 4 is 11.9 Å². The maximum absolute atomic E-state index is 12.3. The standard InChI is InChI=1S/C39H74O4/c1-3-5-7-9-11-13-15-17-18-19-20-21-22-23-25-27-29-31-33-35-39(42)43-37(36-38(40)41)34-32-30-28-26-24-16-14-12-10-8-6-4-2/h17-18,37H,3-16,19-36H2,1-2H3,(H,40,41)/b18-17-. The van der Waals surface area contributed by atoms with Crippen molar-refractivity contribution in [2.75, 3.05) is 0 Å². The van der Waals surface area contributed by atoms with Crippen molar-refractivity contribution < 1.29 is 19.4 Å². The van der Waals surface area contributed by atoms with E-state index >= 15 is 0 Å². The molecule has 0 fully saturated rings. The minimum absolute atomic E-state index is 0.0702. The van der Waals surface area contributed by atoms with Crippen LogP contribution in [0.5, 0.6) is 0 Å². The number of aliphatic carboxylic acids is 1. The van der Waals surface area contributed by atoms with Crippen LogP contribution in [0.1, 0.15) is 219 Å². The van der Waals surface area contributed by atoms with E-state index in [-0.39, 0.29) is 12.4 Å². The van der Waals surface area contributed by atoms with Crippen LogP contribution in [-0.4, -0.2) is 23.1 Å². The van der Waals surface area contributed by atoms with Gasteiger partial charge in [-0.3, -0.25) is 9.59 Å². The van der Waals surface area contributed by atoms with Gasteiger partial charge in [0.1, 0.15) is 6.10 Å². The van der Waals surface area contributed by atoms with E-state index in [2.05, 4.69) is 26.0 Å². The van der Waals surface area contributed by atoms with Crippen molar-refractivity contribution in [1.82, 2.24) is 0 Å². The molecule has 0 heterocycles. The minimum atomic E-state index is -0.878. The summed E-state index contributed by atoms with van der Waals surface area (Å²) in [7, 11) is 0. The highest BCUT2D eigenvalue weighted by Crippen LogP contribution is 2.17. The van der Waals surface area contributed by atoms with Crippen LogP contribution >= 0.6 is 0 Å². The summed E-state index contributed by atoms with van der Waals surface area (Å²) < 4.78 is 5.57. The first-order valence-corrected chi connectivity index (χ1v) is 19.2. The largest absolute Gasteiger partial charge is 0.481 e. The fourth-order valence-corrected chi connectivity index (χ4v) is 5.90. The molecule has 0 radical (unpaired) electrons. The molecule has 0 bridgehead atoms. The van der Waals surface area contributed by atoms with Gasteiger partial charge in [-0.05, 0) is 44.9 Å². The number of unbranched alkanes of at least 4 members (excludes halogenated alkanes) is 26. The molecule has 0 saturated heterocycles. The number of hydrogen-bond acceptors (Lipinski definition) is 3. The summed E-state index contributed by atoms with van der Waals surface area (Å²) in [6.07, 6.45) is 42.3. The third kappa shape index (κ3) is 35.0. The quantitative estimate of drug-likeness (QED) is 0.0443. The van der Waals surface area contributed by atoms with Crippen LogP contribution in [0.25, 0.3) is 0 Å². The molecule has 4 heteroatoms. The Morgan fingerprint density at radius 2 is 0.860 bits per heavy atom. The van der Waals surface area contributed by atoms with Crippen LogP contribution in [0.3, 0.4) is 0 Å². The van der Waals surface area contributed by atoms with Gasteiger partial charge in [0.25, 0.3) is 0 Å². The normalized spacial score (nSPS) is 12.2. The topological polar surface area (TPSA) is 63.6 Å². The molecule has 0 spiro atoms. The Kier molecular flexibility index (Phi) is 34.1. The van der Waals surface area contributed by atoms with Gasteiger partial charge >= 0.3 is 11.9 Å². The molecule has 0 amide bonds. The number of hydrogen-bond donors (Lipinski definition) is 1. The van der Waals surface area contributed by atoms with Crippen molar-refractivity contribution in [3.8, 4) is 0 Å². The van der Waals surface area contributed by atoms with Crippen molar-refractivity contribution in [1.29, 1.82) is 0 Å². The Bertz CT molecular complexity index is 614. The van der Waals surface area contributed by atoms with E-state index in [1.165, 1.54) is 161 Å². The summed E-state index contributed by atoms with van der Waals surface area (Å²) in [5.41, 5.74) is 0. The fourth-order valence-electron chi connectivity index (χ4n) is 5.90. The Morgan fingerprint density at radius 1 is 0.512 bits per heavy atom. The summed E-state index contributed by atoms with van der Waals surface area (Å²) in [5.74, 6) is -1.09. The average molecular weight is 607 g/mol. The summed E-state index contributed by atoms with van der Waals surface area (Å²) in [6.45, 7) is 4.53. The maximum atomic E-state index is 12.3. The van der Waals surface area contributed by atoms with Gasteiger partial charge in [0.15, 0.2) is 0 Å². The monoisotopic (exact) mass is 607 g/mol. The molecule has 0 aliphatic heterocycles. The van der Waals surface area contributed by atoms with Crippen LogP contribution in [-0.2, 0) is 14.3 Å². The third-order valence-electron chi connectivity index (χ3n) is 8.72. The number of esters is 1. The third-order valence-corrected chi connectivity index (χ3v) is 8.72. The molecule has 1 N–H and O–H groups in total. The van der Waals surface area contributed by atoms with Crippen LogP contribution in [0.4, 0.5) is 0 Å². The zero-order valence-electron chi connectivity index (χ0n) is 29.0. The van der Waals surface area contributed by atoms with Gasteiger partial charge in [0.05, 0.1) is 6.42 Å². The van der Waals surface area contributed by atoms with Crippen LogP contribution in [0.2, 0.25) is 0 Å². The molecule has 0 aromatic rings. The van der Waals surface area contributed by atoms with Gasteiger partial charge in [0.2, 0.25) is 0 Å². The molecule has 0 aromatic carbocycles. The molecule has 254 valence electrons. The van der Waals surface area contributed by atoms with Gasteiger partial charge in [-0.15, -0.1) is 0 Å². The molecule has 0 aliphatic carbocycles. The fraction of sp³-hybridized carbons (Fsp3) is 0.897. The van der Waals surface area contributed by atoms with Crippen molar-refractivity contribution in [3.05, 3.63) is 12.2 Å². The zero-order chi connectivity index (χ0) is 31.5. The Labute approximate surface area is 268 Å². The second kappa shape index (κ2) is 35.2. The highest BCUT2D eigenvalue weighted by atomic mass is 16.5. The second-order valence-corrected chi connectivity index (χ2v) is 13.1. The predicted molar refractivity (Wildman–Crippen MR) is 186 cm³/mol. The highest BCUT2D eigenvalue weighted by molar-refractivity contribution is 5.71. The van der Waals surface area contributed by atoms with E-state index < -0.39 is 12.1 Å². The van der Waals surface area contributed by atoms with Gasteiger partial charge in [-0.2, -0.15) is 0 Å². The Hall–Kier alpha value is -1.32. The van der Waals surface area contributed by atoms with Crippen LogP contribution in [0, 0.1) is 0 Å². The predicted octanol–water partition coefficient (Wildman–Crippen LogP) is 13.1. The first-order chi connectivity index (χ1) is 21.1.